The molecule has 0 saturated heterocycles. The minimum Gasteiger partial charge on any atom is -0.329 e. The zero-order chi connectivity index (χ0) is 15.9. The van der Waals surface area contributed by atoms with E-state index in [1.807, 2.05) is 31.5 Å². The molecule has 0 spiro atoms. The molecule has 0 aliphatic carbocycles. The fraction of sp³-hybridized carbons (Fsp3) is 0.250. The predicted octanol–water partition coefficient (Wildman–Crippen LogP) is 3.60. The Balaban J connectivity index is 2.19. The van der Waals surface area contributed by atoms with Gasteiger partial charge in [-0.25, -0.2) is 15.0 Å². The van der Waals surface area contributed by atoms with Crippen LogP contribution in [0.5, 0.6) is 0 Å². The smallest absolute Gasteiger partial charge is 0.195 e. The van der Waals surface area contributed by atoms with Crippen LogP contribution in [0.3, 0.4) is 0 Å². The number of rotatable bonds is 3. The second-order valence-electron chi connectivity index (χ2n) is 5.45. The van der Waals surface area contributed by atoms with Crippen molar-refractivity contribution < 1.29 is 4.79 Å². The number of aryl methyl sites for hydroxylation is 1. The van der Waals surface area contributed by atoms with Crippen LogP contribution in [0.4, 0.5) is 0 Å². The van der Waals surface area contributed by atoms with E-state index in [1.165, 1.54) is 6.33 Å². The van der Waals surface area contributed by atoms with E-state index in [0.29, 0.717) is 22.0 Å². The summed E-state index contributed by atoms with van der Waals surface area (Å²) >= 11 is 5.96. The molecule has 3 aromatic heterocycles. The third-order valence-corrected chi connectivity index (χ3v) is 3.67. The van der Waals surface area contributed by atoms with Gasteiger partial charge in [0.1, 0.15) is 17.1 Å². The highest BCUT2D eigenvalue weighted by Gasteiger charge is 2.19. The first-order valence-corrected chi connectivity index (χ1v) is 7.34. The average molecular weight is 315 g/mol. The molecule has 5 nitrogen and oxygen atoms in total. The van der Waals surface area contributed by atoms with Crippen molar-refractivity contribution in [2.24, 2.45) is 0 Å². The zero-order valence-corrected chi connectivity index (χ0v) is 13.3. The van der Waals surface area contributed by atoms with E-state index >= 15 is 0 Å². The van der Waals surface area contributed by atoms with Crippen molar-refractivity contribution in [1.29, 1.82) is 0 Å². The van der Waals surface area contributed by atoms with Gasteiger partial charge >= 0.3 is 0 Å². The number of ketones is 1. The van der Waals surface area contributed by atoms with Gasteiger partial charge in [0.15, 0.2) is 5.78 Å². The Labute approximate surface area is 133 Å². The Morgan fingerprint density at radius 1 is 1.32 bits per heavy atom. The molecular formula is C16H15ClN4O. The Hall–Kier alpha value is -2.27. The number of hydrogen-bond donors (Lipinski definition) is 0. The maximum atomic E-state index is 12.8. The summed E-state index contributed by atoms with van der Waals surface area (Å²) in [7, 11) is 0. The summed E-state index contributed by atoms with van der Waals surface area (Å²) in [4.78, 5) is 25.3. The molecule has 6 heteroatoms. The molecule has 3 rings (SSSR count). The summed E-state index contributed by atoms with van der Waals surface area (Å²) in [5.74, 6) is -0.105. The zero-order valence-electron chi connectivity index (χ0n) is 12.5. The van der Waals surface area contributed by atoms with Crippen molar-refractivity contribution in [2.45, 2.75) is 26.8 Å². The fourth-order valence-electron chi connectivity index (χ4n) is 2.48. The summed E-state index contributed by atoms with van der Waals surface area (Å²) < 4.78 is 1.97. The van der Waals surface area contributed by atoms with Crippen LogP contribution in [0.15, 0.2) is 30.9 Å². The van der Waals surface area contributed by atoms with Gasteiger partial charge in [-0.15, -0.1) is 0 Å². The topological polar surface area (TPSA) is 60.7 Å². The number of aromatic nitrogens is 4. The quantitative estimate of drug-likeness (QED) is 0.547. The van der Waals surface area contributed by atoms with Crippen LogP contribution in [0.25, 0.3) is 11.0 Å². The highest BCUT2D eigenvalue weighted by Crippen LogP contribution is 2.25. The van der Waals surface area contributed by atoms with Crippen LogP contribution in [-0.2, 0) is 0 Å². The van der Waals surface area contributed by atoms with Crippen molar-refractivity contribution in [2.75, 3.05) is 0 Å². The SMILES string of the molecule is Cc1cc(C(=O)c2cn(C(C)C)c3ncncc23)cc(Cl)n1. The third kappa shape index (κ3) is 2.48. The van der Waals surface area contributed by atoms with Crippen molar-refractivity contribution in [3.8, 4) is 0 Å². The molecule has 0 amide bonds. The average Bonchev–Trinajstić information content (AvgIpc) is 2.85. The van der Waals surface area contributed by atoms with Crippen LogP contribution in [0.2, 0.25) is 5.15 Å². The molecular weight excluding hydrogens is 300 g/mol. The molecule has 0 unspecified atom stereocenters. The lowest BCUT2D eigenvalue weighted by Crippen LogP contribution is -2.03. The first-order chi connectivity index (χ1) is 10.5. The highest BCUT2D eigenvalue weighted by molar-refractivity contribution is 6.30. The Morgan fingerprint density at radius 3 is 2.77 bits per heavy atom. The van der Waals surface area contributed by atoms with Gasteiger partial charge in [0, 0.05) is 35.1 Å². The Morgan fingerprint density at radius 2 is 2.09 bits per heavy atom. The van der Waals surface area contributed by atoms with Gasteiger partial charge in [0.2, 0.25) is 0 Å². The van der Waals surface area contributed by atoms with Gasteiger partial charge in [-0.2, -0.15) is 0 Å². The molecule has 0 atom stereocenters. The second-order valence-corrected chi connectivity index (χ2v) is 5.84. The number of carbonyl (C=O) groups is 1. The van der Waals surface area contributed by atoms with Crippen molar-refractivity contribution in [1.82, 2.24) is 19.5 Å². The van der Waals surface area contributed by atoms with Gasteiger partial charge < -0.3 is 4.57 Å². The molecule has 22 heavy (non-hydrogen) atoms. The molecule has 0 bridgehead atoms. The van der Waals surface area contributed by atoms with E-state index in [-0.39, 0.29) is 11.8 Å². The monoisotopic (exact) mass is 314 g/mol. The van der Waals surface area contributed by atoms with Crippen LogP contribution >= 0.6 is 11.6 Å². The maximum absolute atomic E-state index is 12.8. The molecule has 0 radical (unpaired) electrons. The van der Waals surface area contributed by atoms with E-state index in [4.69, 9.17) is 11.6 Å². The minimum absolute atomic E-state index is 0.105. The van der Waals surface area contributed by atoms with Gasteiger partial charge in [0.05, 0.1) is 5.56 Å². The Kier molecular flexibility index (Phi) is 3.66. The van der Waals surface area contributed by atoms with Gasteiger partial charge in [-0.3, -0.25) is 4.79 Å². The first-order valence-electron chi connectivity index (χ1n) is 6.97. The standard InChI is InChI=1S/C16H15ClN4O/c1-9(2)21-7-13(12-6-18-8-19-16(12)21)15(22)11-4-10(3)20-14(17)5-11/h4-9H,1-3H3. The van der Waals surface area contributed by atoms with Crippen LogP contribution in [0.1, 0.15) is 41.5 Å². The number of hydrogen-bond acceptors (Lipinski definition) is 4. The molecule has 3 aromatic rings. The third-order valence-electron chi connectivity index (χ3n) is 3.48. The van der Waals surface area contributed by atoms with Gasteiger partial charge in [-0.1, -0.05) is 11.6 Å². The number of halogens is 1. The maximum Gasteiger partial charge on any atom is 0.195 e. The number of carbonyl (C=O) groups excluding carboxylic acids is 1. The van der Waals surface area contributed by atoms with Gasteiger partial charge in [-0.05, 0) is 32.9 Å². The normalized spacial score (nSPS) is 11.3. The molecule has 0 N–H and O–H groups in total. The Bertz CT molecular complexity index is 849. The summed E-state index contributed by atoms with van der Waals surface area (Å²) in [5, 5.41) is 1.05. The lowest BCUT2D eigenvalue weighted by molar-refractivity contribution is 0.104. The largest absolute Gasteiger partial charge is 0.329 e. The first kappa shape index (κ1) is 14.7. The lowest BCUT2D eigenvalue weighted by Gasteiger charge is -2.07. The van der Waals surface area contributed by atoms with Crippen molar-refractivity contribution in [3.05, 3.63) is 52.8 Å². The number of nitrogens with zero attached hydrogens (tertiary/aromatic N) is 4. The lowest BCUT2D eigenvalue weighted by atomic mass is 10.0. The van der Waals surface area contributed by atoms with E-state index in [2.05, 4.69) is 15.0 Å². The second kappa shape index (κ2) is 5.50. The molecule has 112 valence electrons. The molecule has 0 aromatic carbocycles. The number of pyridine rings is 1. The van der Waals surface area contributed by atoms with E-state index in [1.54, 1.807) is 18.3 Å². The van der Waals surface area contributed by atoms with Crippen LogP contribution in [0, 0.1) is 6.92 Å². The van der Waals surface area contributed by atoms with Crippen molar-refractivity contribution in [3.63, 3.8) is 0 Å². The molecule has 0 fully saturated rings. The predicted molar refractivity (Wildman–Crippen MR) is 85.3 cm³/mol. The van der Waals surface area contributed by atoms with E-state index < -0.39 is 0 Å². The fourth-order valence-corrected chi connectivity index (χ4v) is 2.73. The van der Waals surface area contributed by atoms with Crippen LogP contribution in [-0.4, -0.2) is 25.3 Å². The number of fused-ring (bicyclic) bond motifs is 1. The van der Waals surface area contributed by atoms with E-state index in [0.717, 1.165) is 11.0 Å². The van der Waals surface area contributed by atoms with Gasteiger partial charge in [0.25, 0.3) is 0 Å². The molecule has 3 heterocycles. The summed E-state index contributed by atoms with van der Waals surface area (Å²) in [6.45, 7) is 5.90. The van der Waals surface area contributed by atoms with Crippen molar-refractivity contribution >= 4 is 28.4 Å². The molecule has 0 aliphatic rings. The highest BCUT2D eigenvalue weighted by atomic mass is 35.5. The summed E-state index contributed by atoms with van der Waals surface area (Å²) in [5.41, 5.74) is 2.56. The summed E-state index contributed by atoms with van der Waals surface area (Å²) in [6, 6.07) is 3.51. The minimum atomic E-state index is -0.105. The van der Waals surface area contributed by atoms with Crippen LogP contribution < -0.4 is 0 Å². The molecule has 0 aliphatic heterocycles. The van der Waals surface area contributed by atoms with E-state index in [9.17, 15) is 4.79 Å². The molecule has 0 saturated carbocycles. The summed E-state index contributed by atoms with van der Waals surface area (Å²) in [6.07, 6.45) is 4.99.